The van der Waals surface area contributed by atoms with Gasteiger partial charge in [-0.15, -0.1) is 0 Å². The van der Waals surface area contributed by atoms with Crippen LogP contribution in [0.4, 0.5) is 0 Å². The molecule has 1 aromatic carbocycles. The van der Waals surface area contributed by atoms with E-state index >= 15 is 0 Å². The normalized spacial score (nSPS) is 12.9. The highest BCUT2D eigenvalue weighted by atomic mass is 32.2. The van der Waals surface area contributed by atoms with Gasteiger partial charge in [0.2, 0.25) is 15.6 Å². The summed E-state index contributed by atoms with van der Waals surface area (Å²) >= 11 is 0. The molecule has 1 atom stereocenters. The maximum Gasteiger partial charge on any atom is 0.250 e. The number of pyridine rings is 2. The molecule has 0 amide bonds. The Hall–Kier alpha value is -2.55. The number of fused-ring (bicyclic) bond motifs is 1. The van der Waals surface area contributed by atoms with E-state index in [1.54, 1.807) is 54.3 Å². The van der Waals surface area contributed by atoms with Gasteiger partial charge in [0.1, 0.15) is 0 Å². The van der Waals surface area contributed by atoms with Gasteiger partial charge in [-0.2, -0.15) is 0 Å². The molecule has 0 saturated heterocycles. The van der Waals surface area contributed by atoms with E-state index < -0.39 is 10.0 Å². The minimum atomic E-state index is -3.61. The lowest BCUT2D eigenvalue weighted by Gasteiger charge is -2.16. The first-order chi connectivity index (χ1) is 13.4. The lowest BCUT2D eigenvalue weighted by molar-refractivity contribution is 0.535. The topological polar surface area (TPSA) is 93.1 Å². The van der Waals surface area contributed by atoms with Crippen LogP contribution in [0.25, 0.3) is 10.8 Å². The van der Waals surface area contributed by atoms with E-state index in [4.69, 9.17) is 0 Å². The molecule has 0 radical (unpaired) electrons. The molecule has 8 heteroatoms. The van der Waals surface area contributed by atoms with Crippen molar-refractivity contribution in [2.75, 3.05) is 13.1 Å². The van der Waals surface area contributed by atoms with Gasteiger partial charge in [-0.3, -0.25) is 9.78 Å². The number of aromatic nitrogens is 2. The summed E-state index contributed by atoms with van der Waals surface area (Å²) < 4.78 is 29.6. The van der Waals surface area contributed by atoms with Gasteiger partial charge in [0.25, 0.3) is 0 Å². The molecule has 0 aliphatic rings. The van der Waals surface area contributed by atoms with Gasteiger partial charge in [0, 0.05) is 62.1 Å². The standard InChI is InChI=1S/C20H24N4O3S/c1-15(13-21-11-9-18-4-3-5-20(25)24(18)2)23-28(26,27)19-7-6-17-14-22-10-8-16(17)12-19/h3-8,10,12,14-15,21,23H,9,11,13H2,1-2H3. The maximum atomic E-state index is 12.6. The zero-order valence-corrected chi connectivity index (χ0v) is 16.7. The Morgan fingerprint density at radius 3 is 2.79 bits per heavy atom. The Bertz CT molecular complexity index is 1130. The molecule has 2 aromatic heterocycles. The number of nitrogens with zero attached hydrogens (tertiary/aromatic N) is 2. The second-order valence-corrected chi connectivity index (χ2v) is 8.49. The predicted octanol–water partition coefficient (Wildman–Crippen LogP) is 1.43. The molecule has 2 heterocycles. The molecule has 28 heavy (non-hydrogen) atoms. The summed E-state index contributed by atoms with van der Waals surface area (Å²) in [5.41, 5.74) is 0.892. The predicted molar refractivity (Wildman–Crippen MR) is 110 cm³/mol. The molecule has 0 aliphatic heterocycles. The van der Waals surface area contributed by atoms with Gasteiger partial charge in [0.15, 0.2) is 0 Å². The Balaban J connectivity index is 1.55. The fourth-order valence-corrected chi connectivity index (χ4v) is 4.27. The van der Waals surface area contributed by atoms with Crippen LogP contribution >= 0.6 is 0 Å². The van der Waals surface area contributed by atoms with Crippen molar-refractivity contribution in [3.63, 3.8) is 0 Å². The Morgan fingerprint density at radius 2 is 1.96 bits per heavy atom. The van der Waals surface area contributed by atoms with Gasteiger partial charge in [-0.1, -0.05) is 12.1 Å². The highest BCUT2D eigenvalue weighted by Crippen LogP contribution is 2.18. The molecular formula is C20H24N4O3S. The summed E-state index contributed by atoms with van der Waals surface area (Å²) in [4.78, 5) is 15.9. The number of benzene rings is 1. The van der Waals surface area contributed by atoms with Crippen LogP contribution < -0.4 is 15.6 Å². The van der Waals surface area contributed by atoms with Crippen molar-refractivity contribution in [1.29, 1.82) is 0 Å². The van der Waals surface area contributed by atoms with Crippen LogP contribution in [0.5, 0.6) is 0 Å². The fourth-order valence-electron chi connectivity index (χ4n) is 3.00. The van der Waals surface area contributed by atoms with E-state index in [0.717, 1.165) is 16.5 Å². The molecule has 2 N–H and O–H groups in total. The SMILES string of the molecule is CC(CNCCc1cccc(=O)n1C)NS(=O)(=O)c1ccc2cnccc2c1. The number of hydrogen-bond donors (Lipinski definition) is 2. The third-order valence-corrected chi connectivity index (χ3v) is 6.16. The van der Waals surface area contributed by atoms with Gasteiger partial charge in [0.05, 0.1) is 4.90 Å². The van der Waals surface area contributed by atoms with Crippen molar-refractivity contribution in [2.24, 2.45) is 7.05 Å². The van der Waals surface area contributed by atoms with Gasteiger partial charge in [-0.25, -0.2) is 13.1 Å². The van der Waals surface area contributed by atoms with Crippen LogP contribution in [0.2, 0.25) is 0 Å². The first-order valence-electron chi connectivity index (χ1n) is 9.08. The molecule has 0 saturated carbocycles. The van der Waals surface area contributed by atoms with Crippen molar-refractivity contribution in [2.45, 2.75) is 24.3 Å². The number of hydrogen-bond acceptors (Lipinski definition) is 5. The molecule has 0 fully saturated rings. The Morgan fingerprint density at radius 1 is 1.14 bits per heavy atom. The molecule has 0 bridgehead atoms. The molecule has 0 aliphatic carbocycles. The number of rotatable bonds is 8. The Kier molecular flexibility index (Phi) is 6.23. The van der Waals surface area contributed by atoms with Crippen LogP contribution in [-0.4, -0.2) is 37.1 Å². The highest BCUT2D eigenvalue weighted by molar-refractivity contribution is 7.89. The fraction of sp³-hybridized carbons (Fsp3) is 0.300. The molecule has 148 valence electrons. The van der Waals surface area contributed by atoms with Gasteiger partial charge in [-0.05, 0) is 36.6 Å². The van der Waals surface area contributed by atoms with Crippen LogP contribution in [0.15, 0.2) is 64.5 Å². The summed E-state index contributed by atoms with van der Waals surface area (Å²) in [6, 6.07) is 11.7. The van der Waals surface area contributed by atoms with E-state index in [1.807, 2.05) is 13.0 Å². The van der Waals surface area contributed by atoms with Crippen molar-refractivity contribution >= 4 is 20.8 Å². The lowest BCUT2D eigenvalue weighted by Crippen LogP contribution is -2.40. The maximum absolute atomic E-state index is 12.6. The zero-order valence-electron chi connectivity index (χ0n) is 15.9. The summed E-state index contributed by atoms with van der Waals surface area (Å²) in [6.07, 6.45) is 4.03. The highest BCUT2D eigenvalue weighted by Gasteiger charge is 2.17. The Labute approximate surface area is 164 Å². The van der Waals surface area contributed by atoms with E-state index in [0.29, 0.717) is 19.5 Å². The summed E-state index contributed by atoms with van der Waals surface area (Å²) in [5, 5.41) is 4.96. The van der Waals surface area contributed by atoms with Crippen molar-refractivity contribution < 1.29 is 8.42 Å². The van der Waals surface area contributed by atoms with Gasteiger partial charge < -0.3 is 9.88 Å². The van der Waals surface area contributed by atoms with Crippen LogP contribution in [-0.2, 0) is 23.5 Å². The van der Waals surface area contributed by atoms with E-state index in [2.05, 4.69) is 15.0 Å². The van der Waals surface area contributed by atoms with Crippen molar-refractivity contribution in [3.8, 4) is 0 Å². The second-order valence-electron chi connectivity index (χ2n) is 6.78. The lowest BCUT2D eigenvalue weighted by atomic mass is 10.2. The molecule has 3 aromatic rings. The minimum absolute atomic E-state index is 0.0372. The minimum Gasteiger partial charge on any atom is -0.316 e. The van der Waals surface area contributed by atoms with Crippen LogP contribution in [0, 0.1) is 0 Å². The van der Waals surface area contributed by atoms with Crippen LogP contribution in [0.3, 0.4) is 0 Å². The third kappa shape index (κ3) is 4.83. The summed E-state index contributed by atoms with van der Waals surface area (Å²) in [5.74, 6) is 0. The van der Waals surface area contributed by atoms with E-state index in [1.165, 1.54) is 6.07 Å². The third-order valence-electron chi connectivity index (χ3n) is 4.58. The first kappa shape index (κ1) is 20.2. The second kappa shape index (κ2) is 8.64. The molecule has 1 unspecified atom stereocenters. The van der Waals surface area contributed by atoms with Crippen LogP contribution in [0.1, 0.15) is 12.6 Å². The molecule has 3 rings (SSSR count). The first-order valence-corrected chi connectivity index (χ1v) is 10.6. The monoisotopic (exact) mass is 400 g/mol. The molecule has 7 nitrogen and oxygen atoms in total. The number of nitrogens with one attached hydrogen (secondary N) is 2. The molecule has 0 spiro atoms. The van der Waals surface area contributed by atoms with E-state index in [9.17, 15) is 13.2 Å². The zero-order chi connectivity index (χ0) is 20.1. The largest absolute Gasteiger partial charge is 0.316 e. The molecular weight excluding hydrogens is 376 g/mol. The smallest absolute Gasteiger partial charge is 0.250 e. The van der Waals surface area contributed by atoms with Gasteiger partial charge >= 0.3 is 0 Å². The summed E-state index contributed by atoms with van der Waals surface area (Å²) in [6.45, 7) is 2.94. The number of sulfonamides is 1. The summed E-state index contributed by atoms with van der Waals surface area (Å²) in [7, 11) is -1.86. The average molecular weight is 401 g/mol. The van der Waals surface area contributed by atoms with Crippen molar-refractivity contribution in [1.82, 2.24) is 19.6 Å². The van der Waals surface area contributed by atoms with Crippen molar-refractivity contribution in [3.05, 3.63) is 70.9 Å². The quantitative estimate of drug-likeness (QED) is 0.558. The van der Waals surface area contributed by atoms with E-state index in [-0.39, 0.29) is 16.5 Å². The average Bonchev–Trinajstić information content (AvgIpc) is 2.67.